The monoisotopic (exact) mass is 297 g/mol. The maximum atomic E-state index is 12.2. The Hall–Kier alpha value is -1.03. The largest absolute Gasteiger partial charge is 0.507 e. The topological polar surface area (TPSA) is 40.5 Å². The highest BCUT2D eigenvalue weighted by molar-refractivity contribution is 9.09. The zero-order valence-electron chi connectivity index (χ0n) is 9.77. The van der Waals surface area contributed by atoms with Crippen molar-refractivity contribution >= 4 is 21.8 Å². The standard InChI is InChI=1S/C13H16BrNO2/c1-9-8-15(7-6-11(9)14)13(17)10-4-2-3-5-12(10)16/h2-5,9,11,16H,6-8H2,1H3. The number of piperidine rings is 1. The van der Waals surface area contributed by atoms with Crippen LogP contribution in [0.25, 0.3) is 0 Å². The van der Waals surface area contributed by atoms with Crippen LogP contribution in [0.1, 0.15) is 23.7 Å². The van der Waals surface area contributed by atoms with Crippen LogP contribution in [-0.4, -0.2) is 33.8 Å². The highest BCUT2D eigenvalue weighted by atomic mass is 79.9. The molecule has 1 aromatic rings. The quantitative estimate of drug-likeness (QED) is 0.810. The average Bonchev–Trinajstić information content (AvgIpc) is 2.32. The van der Waals surface area contributed by atoms with E-state index in [0.717, 1.165) is 19.5 Å². The lowest BCUT2D eigenvalue weighted by Gasteiger charge is -2.34. The number of amides is 1. The third-order valence-corrected chi connectivity index (χ3v) is 4.58. The van der Waals surface area contributed by atoms with Crippen molar-refractivity contribution < 1.29 is 9.90 Å². The Morgan fingerprint density at radius 1 is 1.47 bits per heavy atom. The molecule has 3 nitrogen and oxygen atoms in total. The lowest BCUT2D eigenvalue weighted by atomic mass is 9.99. The minimum atomic E-state index is -0.0747. The van der Waals surface area contributed by atoms with E-state index in [-0.39, 0.29) is 11.7 Å². The molecule has 1 aliphatic heterocycles. The first-order chi connectivity index (χ1) is 8.09. The summed E-state index contributed by atoms with van der Waals surface area (Å²) in [5.74, 6) is 0.430. The van der Waals surface area contributed by atoms with Crippen LogP contribution in [0, 0.1) is 5.92 Å². The van der Waals surface area contributed by atoms with Gasteiger partial charge in [0.1, 0.15) is 5.75 Å². The van der Waals surface area contributed by atoms with Crippen LogP contribution in [0.3, 0.4) is 0 Å². The number of benzene rings is 1. The second-order valence-corrected chi connectivity index (χ2v) is 5.73. The molecule has 1 N–H and O–H groups in total. The minimum absolute atomic E-state index is 0.0612. The van der Waals surface area contributed by atoms with E-state index in [4.69, 9.17) is 0 Å². The number of carbonyl (C=O) groups is 1. The molecule has 1 amide bonds. The summed E-state index contributed by atoms with van der Waals surface area (Å²) in [4.78, 5) is 14.5. The number of carbonyl (C=O) groups excluding carboxylic acids is 1. The van der Waals surface area contributed by atoms with Gasteiger partial charge in [0.15, 0.2) is 0 Å². The molecule has 17 heavy (non-hydrogen) atoms. The van der Waals surface area contributed by atoms with Crippen LogP contribution in [0.15, 0.2) is 24.3 Å². The van der Waals surface area contributed by atoms with Crippen molar-refractivity contribution in [3.63, 3.8) is 0 Å². The number of nitrogens with zero attached hydrogens (tertiary/aromatic N) is 1. The zero-order valence-corrected chi connectivity index (χ0v) is 11.4. The molecular formula is C13H16BrNO2. The van der Waals surface area contributed by atoms with Gasteiger partial charge in [-0.3, -0.25) is 4.79 Å². The summed E-state index contributed by atoms with van der Waals surface area (Å²) in [5.41, 5.74) is 0.396. The van der Waals surface area contributed by atoms with Crippen LogP contribution in [0.4, 0.5) is 0 Å². The second-order valence-electron chi connectivity index (χ2n) is 4.55. The summed E-state index contributed by atoms with van der Waals surface area (Å²) in [7, 11) is 0. The van der Waals surface area contributed by atoms with Crippen LogP contribution in [0.2, 0.25) is 0 Å². The smallest absolute Gasteiger partial charge is 0.257 e. The first kappa shape index (κ1) is 12.4. The van der Waals surface area contributed by atoms with Gasteiger partial charge in [0.25, 0.3) is 5.91 Å². The van der Waals surface area contributed by atoms with Gasteiger partial charge in [-0.05, 0) is 24.5 Å². The number of phenols is 1. The van der Waals surface area contributed by atoms with Crippen molar-refractivity contribution in [1.29, 1.82) is 0 Å². The van der Waals surface area contributed by atoms with Crippen LogP contribution < -0.4 is 0 Å². The molecule has 2 atom stereocenters. The van der Waals surface area contributed by atoms with Gasteiger partial charge >= 0.3 is 0 Å². The van der Waals surface area contributed by atoms with E-state index in [1.165, 1.54) is 0 Å². The van der Waals surface area contributed by atoms with E-state index in [1.54, 1.807) is 24.3 Å². The highest BCUT2D eigenvalue weighted by Gasteiger charge is 2.28. The Labute approximate surface area is 110 Å². The predicted molar refractivity (Wildman–Crippen MR) is 70.5 cm³/mol. The second kappa shape index (κ2) is 5.08. The molecule has 1 heterocycles. The number of aromatic hydroxyl groups is 1. The summed E-state index contributed by atoms with van der Waals surface area (Å²) in [5, 5.41) is 9.67. The molecule has 1 aromatic carbocycles. The van der Waals surface area contributed by atoms with E-state index in [2.05, 4.69) is 22.9 Å². The van der Waals surface area contributed by atoms with E-state index >= 15 is 0 Å². The minimum Gasteiger partial charge on any atom is -0.507 e. The molecule has 1 fully saturated rings. The molecule has 0 radical (unpaired) electrons. The molecule has 2 unspecified atom stereocenters. The number of para-hydroxylation sites is 1. The van der Waals surface area contributed by atoms with Gasteiger partial charge in [-0.2, -0.15) is 0 Å². The summed E-state index contributed by atoms with van der Waals surface area (Å²) < 4.78 is 0. The SMILES string of the molecule is CC1CN(C(=O)c2ccccc2O)CCC1Br. The number of alkyl halides is 1. The molecule has 0 spiro atoms. The maximum Gasteiger partial charge on any atom is 0.257 e. The summed E-state index contributed by atoms with van der Waals surface area (Å²) >= 11 is 3.61. The molecule has 1 aliphatic rings. The summed E-state index contributed by atoms with van der Waals surface area (Å²) in [6.45, 7) is 3.61. The fourth-order valence-corrected chi connectivity index (χ4v) is 2.50. The van der Waals surface area contributed by atoms with Gasteiger partial charge in [-0.25, -0.2) is 0 Å². The van der Waals surface area contributed by atoms with Gasteiger partial charge in [-0.15, -0.1) is 0 Å². The number of hydrogen-bond donors (Lipinski definition) is 1. The van der Waals surface area contributed by atoms with Crippen molar-refractivity contribution in [2.45, 2.75) is 18.2 Å². The molecule has 4 heteroatoms. The number of likely N-dealkylation sites (tertiary alicyclic amines) is 1. The van der Waals surface area contributed by atoms with Crippen molar-refractivity contribution in [2.24, 2.45) is 5.92 Å². The van der Waals surface area contributed by atoms with E-state index in [1.807, 2.05) is 4.90 Å². The van der Waals surface area contributed by atoms with Gasteiger partial charge < -0.3 is 10.0 Å². The first-order valence-corrected chi connectivity index (χ1v) is 6.72. The molecule has 92 valence electrons. The van der Waals surface area contributed by atoms with Crippen LogP contribution in [0.5, 0.6) is 5.75 Å². The molecule has 0 bridgehead atoms. The van der Waals surface area contributed by atoms with Crippen LogP contribution in [-0.2, 0) is 0 Å². The zero-order chi connectivity index (χ0) is 12.4. The Morgan fingerprint density at radius 2 is 2.18 bits per heavy atom. The normalized spacial score (nSPS) is 24.7. The predicted octanol–water partition coefficient (Wildman–Crippen LogP) is 2.64. The third-order valence-electron chi connectivity index (χ3n) is 3.22. The van der Waals surface area contributed by atoms with Gasteiger partial charge in [0.2, 0.25) is 0 Å². The fourth-order valence-electron chi connectivity index (χ4n) is 2.13. The Morgan fingerprint density at radius 3 is 2.82 bits per heavy atom. The van der Waals surface area contributed by atoms with Crippen molar-refractivity contribution in [1.82, 2.24) is 4.90 Å². The average molecular weight is 298 g/mol. The van der Waals surface area contributed by atoms with E-state index in [0.29, 0.717) is 16.3 Å². The molecule has 0 aliphatic carbocycles. The number of hydrogen-bond acceptors (Lipinski definition) is 2. The van der Waals surface area contributed by atoms with Gasteiger partial charge in [0.05, 0.1) is 5.56 Å². The summed E-state index contributed by atoms with van der Waals surface area (Å²) in [6.07, 6.45) is 0.959. The molecular weight excluding hydrogens is 282 g/mol. The lowest BCUT2D eigenvalue weighted by Crippen LogP contribution is -2.43. The summed E-state index contributed by atoms with van der Waals surface area (Å²) in [6, 6.07) is 6.71. The van der Waals surface area contributed by atoms with Crippen molar-refractivity contribution in [3.05, 3.63) is 29.8 Å². The Kier molecular flexibility index (Phi) is 3.72. The highest BCUT2D eigenvalue weighted by Crippen LogP contribution is 2.26. The molecule has 2 rings (SSSR count). The number of halogens is 1. The van der Waals surface area contributed by atoms with Crippen LogP contribution >= 0.6 is 15.9 Å². The maximum absolute atomic E-state index is 12.2. The molecule has 1 saturated heterocycles. The fraction of sp³-hybridized carbons (Fsp3) is 0.462. The van der Waals surface area contributed by atoms with E-state index < -0.39 is 0 Å². The Bertz CT molecular complexity index is 422. The lowest BCUT2D eigenvalue weighted by molar-refractivity contribution is 0.0687. The van der Waals surface area contributed by atoms with E-state index in [9.17, 15) is 9.90 Å². The van der Waals surface area contributed by atoms with Gasteiger partial charge in [-0.1, -0.05) is 35.0 Å². The van der Waals surface area contributed by atoms with Gasteiger partial charge in [0, 0.05) is 17.9 Å². The molecule has 0 saturated carbocycles. The van der Waals surface area contributed by atoms with Crippen molar-refractivity contribution in [2.75, 3.05) is 13.1 Å². The third kappa shape index (κ3) is 2.63. The number of phenolic OH excluding ortho intramolecular Hbond substituents is 1. The van der Waals surface area contributed by atoms with Crippen molar-refractivity contribution in [3.8, 4) is 5.75 Å². The Balaban J connectivity index is 2.14. The first-order valence-electron chi connectivity index (χ1n) is 5.81. The number of rotatable bonds is 1. The molecule has 0 aromatic heterocycles.